The van der Waals surface area contributed by atoms with Gasteiger partial charge in [-0.25, -0.2) is 9.59 Å². The van der Waals surface area contributed by atoms with E-state index in [-0.39, 0.29) is 35.3 Å². The zero-order valence-corrected chi connectivity index (χ0v) is 14.3. The first kappa shape index (κ1) is 18.5. The van der Waals surface area contributed by atoms with Crippen molar-refractivity contribution in [2.45, 2.75) is 18.9 Å². The Hall–Kier alpha value is -3.26. The third kappa shape index (κ3) is 4.68. The van der Waals surface area contributed by atoms with Crippen molar-refractivity contribution in [3.63, 3.8) is 0 Å². The first-order valence-corrected chi connectivity index (χ1v) is 8.39. The van der Waals surface area contributed by atoms with Gasteiger partial charge in [0.2, 0.25) is 0 Å². The number of ether oxygens (including phenoxy) is 3. The Bertz CT molecular complexity index is 859. The van der Waals surface area contributed by atoms with Crippen molar-refractivity contribution >= 4 is 17.6 Å². The van der Waals surface area contributed by atoms with Crippen LogP contribution in [0.4, 0.5) is 5.69 Å². The molecule has 0 radical (unpaired) electrons. The van der Waals surface area contributed by atoms with E-state index in [9.17, 15) is 19.7 Å². The van der Waals surface area contributed by atoms with Gasteiger partial charge in [0, 0.05) is 12.7 Å². The average Bonchev–Trinajstić information content (AvgIpc) is 3.20. The number of benzene rings is 2. The molecule has 1 fully saturated rings. The van der Waals surface area contributed by atoms with Gasteiger partial charge in [-0.15, -0.1) is 0 Å². The van der Waals surface area contributed by atoms with Crippen LogP contribution in [-0.4, -0.2) is 36.2 Å². The van der Waals surface area contributed by atoms with E-state index in [1.165, 1.54) is 48.5 Å². The Labute approximate surface area is 154 Å². The van der Waals surface area contributed by atoms with Crippen LogP contribution in [0.15, 0.2) is 48.5 Å². The fraction of sp³-hybridized carbons (Fsp3) is 0.263. The van der Waals surface area contributed by atoms with Crippen LogP contribution in [0.25, 0.3) is 0 Å². The van der Waals surface area contributed by atoms with Crippen LogP contribution in [0.2, 0.25) is 0 Å². The largest absolute Gasteiger partial charge is 0.459 e. The second kappa shape index (κ2) is 8.41. The molecule has 0 aromatic heterocycles. The number of carbonyl (C=O) groups is 2. The van der Waals surface area contributed by atoms with Gasteiger partial charge in [-0.05, 0) is 37.1 Å². The summed E-state index contributed by atoms with van der Waals surface area (Å²) in [5.74, 6) is -1.36. The van der Waals surface area contributed by atoms with Gasteiger partial charge in [-0.3, -0.25) is 10.1 Å². The quantitative estimate of drug-likeness (QED) is 0.332. The van der Waals surface area contributed by atoms with Crippen LogP contribution >= 0.6 is 0 Å². The highest BCUT2D eigenvalue weighted by Crippen LogP contribution is 2.21. The molecule has 8 heteroatoms. The summed E-state index contributed by atoms with van der Waals surface area (Å²) in [5.41, 5.74) is -0.315. The molecule has 2 aromatic rings. The Kier molecular flexibility index (Phi) is 5.77. The number of nitro benzene ring substituents is 1. The fourth-order valence-electron chi connectivity index (χ4n) is 2.68. The first-order chi connectivity index (χ1) is 13.0. The minimum atomic E-state index is -0.882. The van der Waals surface area contributed by atoms with Crippen molar-refractivity contribution in [1.82, 2.24) is 0 Å². The summed E-state index contributed by atoms with van der Waals surface area (Å²) in [6, 6.07) is 11.4. The highest BCUT2D eigenvalue weighted by atomic mass is 16.6. The minimum Gasteiger partial charge on any atom is -0.459 e. The molecule has 0 amide bonds. The molecule has 0 bridgehead atoms. The molecule has 1 heterocycles. The molecule has 8 nitrogen and oxygen atoms in total. The molecule has 0 spiro atoms. The maximum Gasteiger partial charge on any atom is 0.350 e. The van der Waals surface area contributed by atoms with Crippen LogP contribution in [0.3, 0.4) is 0 Å². The van der Waals surface area contributed by atoms with Crippen LogP contribution in [0, 0.1) is 10.1 Å². The van der Waals surface area contributed by atoms with Crippen molar-refractivity contribution < 1.29 is 28.7 Å². The lowest BCUT2D eigenvalue weighted by atomic mass is 10.2. The lowest BCUT2D eigenvalue weighted by Crippen LogP contribution is -2.18. The van der Waals surface area contributed by atoms with Gasteiger partial charge in [0.05, 0.1) is 16.6 Å². The van der Waals surface area contributed by atoms with Crippen molar-refractivity contribution in [2.75, 3.05) is 13.2 Å². The standard InChI is InChI=1S/C19H17NO7/c21-18(26-12-15-7-4-10-25-15)13-5-3-6-14(11-13)27-19(22)16-8-1-2-9-17(16)20(23)24/h1-3,5-6,8-9,11,15H,4,7,10,12H2. The van der Waals surface area contributed by atoms with E-state index < -0.39 is 16.9 Å². The van der Waals surface area contributed by atoms with Crippen molar-refractivity contribution in [2.24, 2.45) is 0 Å². The summed E-state index contributed by atoms with van der Waals surface area (Å²) in [5, 5.41) is 11.0. The Morgan fingerprint density at radius 3 is 2.70 bits per heavy atom. The second-order valence-corrected chi connectivity index (χ2v) is 5.93. The van der Waals surface area contributed by atoms with Crippen LogP contribution in [-0.2, 0) is 9.47 Å². The molecule has 1 saturated heterocycles. The monoisotopic (exact) mass is 371 g/mol. The Balaban J connectivity index is 1.67. The van der Waals surface area contributed by atoms with E-state index in [1.54, 1.807) is 0 Å². The smallest absolute Gasteiger partial charge is 0.350 e. The van der Waals surface area contributed by atoms with E-state index in [4.69, 9.17) is 14.2 Å². The molecule has 27 heavy (non-hydrogen) atoms. The number of hydrogen-bond donors (Lipinski definition) is 0. The van der Waals surface area contributed by atoms with Gasteiger partial charge < -0.3 is 14.2 Å². The van der Waals surface area contributed by atoms with Gasteiger partial charge in [0.1, 0.15) is 17.9 Å². The fourth-order valence-corrected chi connectivity index (χ4v) is 2.68. The summed E-state index contributed by atoms with van der Waals surface area (Å²) in [7, 11) is 0. The van der Waals surface area contributed by atoms with E-state index in [1.807, 2.05) is 0 Å². The van der Waals surface area contributed by atoms with Gasteiger partial charge in [0.25, 0.3) is 5.69 Å². The number of para-hydroxylation sites is 1. The summed E-state index contributed by atoms with van der Waals surface area (Å²) in [6.45, 7) is 0.832. The van der Waals surface area contributed by atoms with Crippen molar-refractivity contribution in [3.05, 3.63) is 69.8 Å². The third-order valence-electron chi connectivity index (χ3n) is 4.03. The zero-order chi connectivity index (χ0) is 19.2. The number of nitrogens with zero attached hydrogens (tertiary/aromatic N) is 1. The number of nitro groups is 1. The molecule has 0 aliphatic carbocycles. The molecule has 0 N–H and O–H groups in total. The molecule has 1 aliphatic rings. The van der Waals surface area contributed by atoms with Crippen LogP contribution < -0.4 is 4.74 Å². The molecule has 2 aromatic carbocycles. The van der Waals surface area contributed by atoms with Gasteiger partial charge in [0.15, 0.2) is 0 Å². The van der Waals surface area contributed by atoms with Crippen molar-refractivity contribution in [1.29, 1.82) is 0 Å². The van der Waals surface area contributed by atoms with Gasteiger partial charge in [-0.1, -0.05) is 18.2 Å². The molecular weight excluding hydrogens is 354 g/mol. The minimum absolute atomic E-state index is 0.0877. The van der Waals surface area contributed by atoms with E-state index in [2.05, 4.69) is 0 Å². The van der Waals surface area contributed by atoms with Crippen LogP contribution in [0.1, 0.15) is 33.6 Å². The molecule has 1 aliphatic heterocycles. The maximum atomic E-state index is 12.3. The molecule has 3 rings (SSSR count). The van der Waals surface area contributed by atoms with Gasteiger partial charge >= 0.3 is 11.9 Å². The zero-order valence-electron chi connectivity index (χ0n) is 14.3. The normalized spacial score (nSPS) is 15.9. The molecular formula is C19H17NO7. The third-order valence-corrected chi connectivity index (χ3v) is 4.03. The summed E-state index contributed by atoms with van der Waals surface area (Å²) in [6.07, 6.45) is 1.70. The van der Waals surface area contributed by atoms with Crippen LogP contribution in [0.5, 0.6) is 5.75 Å². The Morgan fingerprint density at radius 2 is 1.96 bits per heavy atom. The number of rotatable bonds is 6. The van der Waals surface area contributed by atoms with Gasteiger partial charge in [-0.2, -0.15) is 0 Å². The van der Waals surface area contributed by atoms with E-state index in [0.717, 1.165) is 12.8 Å². The first-order valence-electron chi connectivity index (χ1n) is 8.39. The second-order valence-electron chi connectivity index (χ2n) is 5.93. The lowest BCUT2D eigenvalue weighted by Gasteiger charge is -2.11. The highest BCUT2D eigenvalue weighted by Gasteiger charge is 2.22. The number of carbonyl (C=O) groups excluding carboxylic acids is 2. The molecule has 1 atom stereocenters. The van der Waals surface area contributed by atoms with Crippen molar-refractivity contribution in [3.8, 4) is 5.75 Å². The molecule has 140 valence electrons. The molecule has 1 unspecified atom stereocenters. The maximum absolute atomic E-state index is 12.3. The van der Waals surface area contributed by atoms with E-state index >= 15 is 0 Å². The highest BCUT2D eigenvalue weighted by molar-refractivity contribution is 5.95. The lowest BCUT2D eigenvalue weighted by molar-refractivity contribution is -0.385. The predicted molar refractivity (Wildman–Crippen MR) is 93.8 cm³/mol. The van der Waals surface area contributed by atoms with E-state index in [0.29, 0.717) is 6.61 Å². The summed E-state index contributed by atoms with van der Waals surface area (Å²) >= 11 is 0. The predicted octanol–water partition coefficient (Wildman–Crippen LogP) is 3.15. The summed E-state index contributed by atoms with van der Waals surface area (Å²) in [4.78, 5) is 34.8. The average molecular weight is 371 g/mol. The molecule has 0 saturated carbocycles. The SMILES string of the molecule is O=C(OCC1CCCO1)c1cccc(OC(=O)c2ccccc2[N+](=O)[O-])c1. The topological polar surface area (TPSA) is 105 Å². The summed E-state index contributed by atoms with van der Waals surface area (Å²) < 4.78 is 15.8. The Morgan fingerprint density at radius 1 is 1.15 bits per heavy atom. The number of esters is 2. The number of hydrogen-bond acceptors (Lipinski definition) is 7.